The lowest BCUT2D eigenvalue weighted by atomic mass is 10.1. The van der Waals surface area contributed by atoms with E-state index in [1.54, 1.807) is 0 Å². The van der Waals surface area contributed by atoms with E-state index >= 15 is 0 Å². The summed E-state index contributed by atoms with van der Waals surface area (Å²) in [5.74, 6) is -0.195. The highest BCUT2D eigenvalue weighted by molar-refractivity contribution is 9.10. The van der Waals surface area contributed by atoms with Crippen LogP contribution in [-0.4, -0.2) is 18.2 Å². The van der Waals surface area contributed by atoms with E-state index in [2.05, 4.69) is 47.7 Å². The summed E-state index contributed by atoms with van der Waals surface area (Å²) in [5, 5.41) is 7.14. The smallest absolute Gasteiger partial charge is 0.259 e. The molecule has 0 aromatic heterocycles. The molecule has 2 aromatic carbocycles. The zero-order valence-electron chi connectivity index (χ0n) is 11.9. The molecule has 22 heavy (non-hydrogen) atoms. The summed E-state index contributed by atoms with van der Waals surface area (Å²) in [6, 6.07) is 15.4. The quantitative estimate of drug-likeness (QED) is 0.559. The van der Waals surface area contributed by atoms with Gasteiger partial charge in [0.1, 0.15) is 0 Å². The van der Waals surface area contributed by atoms with Gasteiger partial charge in [0.25, 0.3) is 5.91 Å². The predicted octanol–water partition coefficient (Wildman–Crippen LogP) is 4.16. The molecule has 0 saturated heterocycles. The number of hydrazone groups is 1. The van der Waals surface area contributed by atoms with Gasteiger partial charge < -0.3 is 5.32 Å². The van der Waals surface area contributed by atoms with E-state index in [1.807, 2.05) is 55.5 Å². The molecule has 0 atom stereocenters. The van der Waals surface area contributed by atoms with Gasteiger partial charge in [-0.15, -0.1) is 0 Å². The minimum Gasteiger partial charge on any atom is -0.376 e. The van der Waals surface area contributed by atoms with Crippen molar-refractivity contribution in [2.24, 2.45) is 5.10 Å². The molecule has 0 bridgehead atoms. The molecule has 2 aromatic rings. The van der Waals surface area contributed by atoms with E-state index in [4.69, 9.17) is 0 Å². The number of rotatable bonds is 5. The van der Waals surface area contributed by atoms with Crippen molar-refractivity contribution >= 4 is 49.2 Å². The molecular formula is C16H15Br2N3O. The van der Waals surface area contributed by atoms with Gasteiger partial charge in [0.2, 0.25) is 0 Å². The third-order valence-corrected chi connectivity index (χ3v) is 3.96. The van der Waals surface area contributed by atoms with E-state index in [0.29, 0.717) is 0 Å². The molecule has 0 radical (unpaired) electrons. The van der Waals surface area contributed by atoms with Gasteiger partial charge in [-0.25, -0.2) is 5.43 Å². The molecule has 2 rings (SSSR count). The van der Waals surface area contributed by atoms with E-state index in [9.17, 15) is 4.79 Å². The molecule has 0 fully saturated rings. The second-order valence-corrected chi connectivity index (χ2v) is 6.43. The largest absolute Gasteiger partial charge is 0.376 e. The van der Waals surface area contributed by atoms with Gasteiger partial charge in [0, 0.05) is 14.6 Å². The molecule has 0 saturated carbocycles. The predicted molar refractivity (Wildman–Crippen MR) is 97.1 cm³/mol. The van der Waals surface area contributed by atoms with E-state index in [1.165, 1.54) is 0 Å². The second-order valence-electron chi connectivity index (χ2n) is 4.60. The first-order valence-corrected chi connectivity index (χ1v) is 8.22. The fourth-order valence-corrected chi connectivity index (χ4v) is 2.22. The molecule has 0 unspecified atom stereocenters. The lowest BCUT2D eigenvalue weighted by Gasteiger charge is -2.06. The molecule has 6 heteroatoms. The maximum absolute atomic E-state index is 11.8. The third-order valence-electron chi connectivity index (χ3n) is 2.91. The monoisotopic (exact) mass is 423 g/mol. The number of nitrogens with one attached hydrogen (secondary N) is 2. The summed E-state index contributed by atoms with van der Waals surface area (Å²) in [5.41, 5.74) is 5.14. The first kappa shape index (κ1) is 16.7. The first-order chi connectivity index (χ1) is 10.5. The van der Waals surface area contributed by atoms with Crippen LogP contribution in [0.4, 0.5) is 5.69 Å². The number of carbonyl (C=O) groups is 1. The summed E-state index contributed by atoms with van der Waals surface area (Å²) in [4.78, 5) is 11.8. The Morgan fingerprint density at radius 3 is 2.14 bits per heavy atom. The van der Waals surface area contributed by atoms with Crippen LogP contribution in [0.2, 0.25) is 0 Å². The van der Waals surface area contributed by atoms with Crippen LogP contribution in [0.15, 0.2) is 62.6 Å². The van der Waals surface area contributed by atoms with Crippen molar-refractivity contribution in [3.8, 4) is 0 Å². The van der Waals surface area contributed by atoms with Gasteiger partial charge in [-0.2, -0.15) is 5.10 Å². The van der Waals surface area contributed by atoms with E-state index < -0.39 is 0 Å². The molecule has 0 aliphatic heterocycles. The third kappa shape index (κ3) is 5.27. The minimum atomic E-state index is -0.195. The molecular weight excluding hydrogens is 410 g/mol. The lowest BCUT2D eigenvalue weighted by molar-refractivity contribution is -0.119. The second kappa shape index (κ2) is 8.10. The van der Waals surface area contributed by atoms with Crippen molar-refractivity contribution in [3.05, 3.63) is 63.0 Å². The maximum atomic E-state index is 11.8. The standard InChI is InChI=1S/C16H15Br2N3O/c1-11(12-2-4-13(17)5-3-12)20-21-16(22)10-19-15-8-6-14(18)7-9-15/h2-9,19H,10H2,1H3,(H,21,22)/b20-11-. The van der Waals surface area contributed by atoms with Crippen molar-refractivity contribution in [1.82, 2.24) is 5.43 Å². The number of nitrogens with zero attached hydrogens (tertiary/aromatic N) is 1. The average molecular weight is 425 g/mol. The summed E-state index contributed by atoms with van der Waals surface area (Å²) in [6.07, 6.45) is 0. The summed E-state index contributed by atoms with van der Waals surface area (Å²) in [6.45, 7) is 2.02. The number of hydrogen-bond acceptors (Lipinski definition) is 3. The van der Waals surface area contributed by atoms with Crippen LogP contribution in [0.1, 0.15) is 12.5 Å². The Bertz CT molecular complexity index is 667. The Kier molecular flexibility index (Phi) is 6.15. The van der Waals surface area contributed by atoms with Gasteiger partial charge >= 0.3 is 0 Å². The van der Waals surface area contributed by atoms with Crippen molar-refractivity contribution < 1.29 is 4.79 Å². The van der Waals surface area contributed by atoms with E-state index in [0.717, 1.165) is 25.9 Å². The number of halogens is 2. The number of carbonyl (C=O) groups excluding carboxylic acids is 1. The maximum Gasteiger partial charge on any atom is 0.259 e. The molecule has 114 valence electrons. The first-order valence-electron chi connectivity index (χ1n) is 6.63. The molecule has 2 N–H and O–H groups in total. The van der Waals surface area contributed by atoms with Gasteiger partial charge in [0.15, 0.2) is 0 Å². The van der Waals surface area contributed by atoms with Gasteiger partial charge in [0.05, 0.1) is 12.3 Å². The minimum absolute atomic E-state index is 0.165. The Morgan fingerprint density at radius 2 is 1.55 bits per heavy atom. The van der Waals surface area contributed by atoms with Crippen LogP contribution in [0, 0.1) is 0 Å². The summed E-state index contributed by atoms with van der Waals surface area (Å²) < 4.78 is 2.00. The van der Waals surface area contributed by atoms with Gasteiger partial charge in [-0.3, -0.25) is 4.79 Å². The number of hydrogen-bond donors (Lipinski definition) is 2. The molecule has 1 amide bonds. The van der Waals surface area contributed by atoms with Crippen LogP contribution in [0.25, 0.3) is 0 Å². The highest BCUT2D eigenvalue weighted by Crippen LogP contribution is 2.13. The SMILES string of the molecule is C/C(=N/NC(=O)CNc1ccc(Br)cc1)c1ccc(Br)cc1. The van der Waals surface area contributed by atoms with Crippen molar-refractivity contribution in [1.29, 1.82) is 0 Å². The van der Waals surface area contributed by atoms with Crippen molar-refractivity contribution in [3.63, 3.8) is 0 Å². The lowest BCUT2D eigenvalue weighted by Crippen LogP contribution is -2.26. The van der Waals surface area contributed by atoms with E-state index in [-0.39, 0.29) is 12.5 Å². The normalized spacial score (nSPS) is 11.1. The number of anilines is 1. The van der Waals surface area contributed by atoms with Crippen LogP contribution in [-0.2, 0) is 4.79 Å². The van der Waals surface area contributed by atoms with Crippen LogP contribution in [0.3, 0.4) is 0 Å². The molecule has 0 spiro atoms. The number of benzene rings is 2. The summed E-state index contributed by atoms with van der Waals surface area (Å²) in [7, 11) is 0. The van der Waals surface area contributed by atoms with Gasteiger partial charge in [-0.1, -0.05) is 44.0 Å². The summed E-state index contributed by atoms with van der Waals surface area (Å²) >= 11 is 6.75. The van der Waals surface area contributed by atoms with Gasteiger partial charge in [-0.05, 0) is 48.9 Å². The topological polar surface area (TPSA) is 53.5 Å². The molecule has 0 aliphatic carbocycles. The zero-order valence-corrected chi connectivity index (χ0v) is 15.1. The fourth-order valence-electron chi connectivity index (χ4n) is 1.69. The Labute approximate surface area is 146 Å². The molecule has 4 nitrogen and oxygen atoms in total. The Hall–Kier alpha value is -1.66. The number of amides is 1. The molecule has 0 heterocycles. The molecule has 0 aliphatic rings. The zero-order chi connectivity index (χ0) is 15.9. The Balaban J connectivity index is 1.85. The van der Waals surface area contributed by atoms with Crippen molar-refractivity contribution in [2.75, 3.05) is 11.9 Å². The van der Waals surface area contributed by atoms with Crippen molar-refractivity contribution in [2.45, 2.75) is 6.92 Å². The Morgan fingerprint density at radius 1 is 1.00 bits per heavy atom. The highest BCUT2D eigenvalue weighted by Gasteiger charge is 2.02. The van der Waals surface area contributed by atoms with Crippen LogP contribution >= 0.6 is 31.9 Å². The van der Waals surface area contributed by atoms with Crippen LogP contribution in [0.5, 0.6) is 0 Å². The van der Waals surface area contributed by atoms with Crippen LogP contribution < -0.4 is 10.7 Å². The highest BCUT2D eigenvalue weighted by atomic mass is 79.9. The fraction of sp³-hybridized carbons (Fsp3) is 0.125. The average Bonchev–Trinajstić information content (AvgIpc) is 2.52.